The molecule has 0 aliphatic carbocycles. The molecule has 1 atom stereocenters. The lowest BCUT2D eigenvalue weighted by atomic mass is 9.83. The van der Waals surface area contributed by atoms with Gasteiger partial charge in [-0.05, 0) is 25.2 Å². The number of nitrogens with zero attached hydrogens (tertiary/aromatic N) is 2. The lowest BCUT2D eigenvalue weighted by Gasteiger charge is -2.36. The molecule has 0 amide bonds. The standard InChI is InChI=1S/C10H18N2O2S/c1-9(8-11)15(13,14)12-6-4-10(2,3)5-7-12/h9H,4-7H2,1-3H3. The zero-order valence-electron chi connectivity index (χ0n) is 9.52. The van der Waals surface area contributed by atoms with E-state index in [-0.39, 0.29) is 5.41 Å². The molecule has 1 aliphatic heterocycles. The van der Waals surface area contributed by atoms with Crippen molar-refractivity contribution >= 4 is 10.0 Å². The maximum Gasteiger partial charge on any atom is 0.230 e. The molecular weight excluding hydrogens is 212 g/mol. The van der Waals surface area contributed by atoms with Crippen LogP contribution in [0.3, 0.4) is 0 Å². The van der Waals surface area contributed by atoms with Crippen LogP contribution in [0.1, 0.15) is 33.6 Å². The maximum atomic E-state index is 11.8. The SMILES string of the molecule is CC(C#N)S(=O)(=O)N1CCC(C)(C)CC1. The van der Waals surface area contributed by atoms with E-state index in [9.17, 15) is 8.42 Å². The number of hydrogen-bond donors (Lipinski definition) is 0. The van der Waals surface area contributed by atoms with E-state index in [0.29, 0.717) is 13.1 Å². The lowest BCUT2D eigenvalue weighted by molar-refractivity contribution is 0.195. The molecule has 1 rings (SSSR count). The highest BCUT2D eigenvalue weighted by Crippen LogP contribution is 2.31. The number of hydrogen-bond acceptors (Lipinski definition) is 3. The second-order valence-corrected chi connectivity index (χ2v) is 7.13. The molecule has 0 aromatic rings. The quantitative estimate of drug-likeness (QED) is 0.719. The van der Waals surface area contributed by atoms with Gasteiger partial charge in [-0.3, -0.25) is 0 Å². The van der Waals surface area contributed by atoms with Gasteiger partial charge in [0.2, 0.25) is 10.0 Å². The summed E-state index contributed by atoms with van der Waals surface area (Å²) in [5.74, 6) is 0. The predicted molar refractivity (Wildman–Crippen MR) is 58.6 cm³/mol. The second kappa shape index (κ2) is 4.11. The molecule has 1 heterocycles. The summed E-state index contributed by atoms with van der Waals surface area (Å²) in [4.78, 5) is 0. The Morgan fingerprint density at radius 2 is 1.80 bits per heavy atom. The van der Waals surface area contributed by atoms with E-state index >= 15 is 0 Å². The highest BCUT2D eigenvalue weighted by Gasteiger charge is 2.34. The summed E-state index contributed by atoms with van der Waals surface area (Å²) in [6.45, 7) is 6.81. The molecule has 0 aromatic heterocycles. The molecule has 15 heavy (non-hydrogen) atoms. The molecule has 0 N–H and O–H groups in total. The summed E-state index contributed by atoms with van der Waals surface area (Å²) in [6.07, 6.45) is 1.73. The van der Waals surface area contributed by atoms with Crippen molar-refractivity contribution in [2.75, 3.05) is 13.1 Å². The Balaban J connectivity index is 2.74. The van der Waals surface area contributed by atoms with Gasteiger partial charge in [-0.1, -0.05) is 13.8 Å². The van der Waals surface area contributed by atoms with Crippen LogP contribution in [0.15, 0.2) is 0 Å². The third kappa shape index (κ3) is 2.70. The van der Waals surface area contributed by atoms with Gasteiger partial charge in [-0.15, -0.1) is 0 Å². The van der Waals surface area contributed by atoms with Crippen LogP contribution in [0.25, 0.3) is 0 Å². The van der Waals surface area contributed by atoms with Crippen LogP contribution in [-0.2, 0) is 10.0 Å². The van der Waals surface area contributed by atoms with Gasteiger partial charge in [-0.2, -0.15) is 5.26 Å². The summed E-state index contributed by atoms with van der Waals surface area (Å²) >= 11 is 0. The van der Waals surface area contributed by atoms with Gasteiger partial charge in [-0.25, -0.2) is 12.7 Å². The van der Waals surface area contributed by atoms with Crippen LogP contribution in [0.4, 0.5) is 0 Å². The minimum atomic E-state index is -3.39. The lowest BCUT2D eigenvalue weighted by Crippen LogP contribution is -2.44. The van der Waals surface area contributed by atoms with E-state index in [2.05, 4.69) is 13.8 Å². The van der Waals surface area contributed by atoms with Crippen molar-refractivity contribution in [2.45, 2.75) is 38.9 Å². The van der Waals surface area contributed by atoms with Gasteiger partial charge in [0.25, 0.3) is 0 Å². The van der Waals surface area contributed by atoms with Crippen molar-refractivity contribution in [3.63, 3.8) is 0 Å². The van der Waals surface area contributed by atoms with E-state index in [1.54, 1.807) is 6.07 Å². The fourth-order valence-electron chi connectivity index (χ4n) is 1.64. The van der Waals surface area contributed by atoms with Gasteiger partial charge in [0.15, 0.2) is 5.25 Å². The summed E-state index contributed by atoms with van der Waals surface area (Å²) in [5, 5.41) is 7.72. The van der Waals surface area contributed by atoms with E-state index in [1.165, 1.54) is 11.2 Å². The molecule has 5 heteroatoms. The van der Waals surface area contributed by atoms with E-state index in [0.717, 1.165) is 12.8 Å². The molecule has 1 aliphatic rings. The summed E-state index contributed by atoms with van der Waals surface area (Å²) < 4.78 is 25.1. The van der Waals surface area contributed by atoms with Crippen molar-refractivity contribution in [3.8, 4) is 6.07 Å². The van der Waals surface area contributed by atoms with Crippen LogP contribution in [0.2, 0.25) is 0 Å². The highest BCUT2D eigenvalue weighted by molar-refractivity contribution is 7.89. The van der Waals surface area contributed by atoms with Crippen LogP contribution < -0.4 is 0 Å². The molecular formula is C10H18N2O2S. The monoisotopic (exact) mass is 230 g/mol. The number of nitriles is 1. The van der Waals surface area contributed by atoms with Crippen molar-refractivity contribution < 1.29 is 8.42 Å². The molecule has 0 radical (unpaired) electrons. The molecule has 1 saturated heterocycles. The van der Waals surface area contributed by atoms with Crippen LogP contribution >= 0.6 is 0 Å². The first-order valence-corrected chi connectivity index (χ1v) is 6.68. The average Bonchev–Trinajstić information content (AvgIpc) is 2.15. The van der Waals surface area contributed by atoms with Gasteiger partial charge >= 0.3 is 0 Å². The minimum absolute atomic E-state index is 0.224. The number of rotatable bonds is 2. The zero-order chi connectivity index (χ0) is 11.7. The molecule has 0 saturated carbocycles. The normalized spacial score (nSPS) is 24.4. The van der Waals surface area contributed by atoms with Crippen molar-refractivity contribution in [1.29, 1.82) is 5.26 Å². The van der Waals surface area contributed by atoms with Gasteiger partial charge in [0.1, 0.15) is 0 Å². The average molecular weight is 230 g/mol. The summed E-state index contributed by atoms with van der Waals surface area (Å²) in [5.41, 5.74) is 0.224. The van der Waals surface area contributed by atoms with Crippen LogP contribution in [0, 0.1) is 16.7 Å². The third-order valence-electron chi connectivity index (χ3n) is 3.06. The molecule has 4 nitrogen and oxygen atoms in total. The van der Waals surface area contributed by atoms with Crippen LogP contribution in [0.5, 0.6) is 0 Å². The highest BCUT2D eigenvalue weighted by atomic mass is 32.2. The Morgan fingerprint density at radius 1 is 1.33 bits per heavy atom. The fourth-order valence-corrected chi connectivity index (χ4v) is 2.91. The molecule has 1 unspecified atom stereocenters. The van der Waals surface area contributed by atoms with Gasteiger partial charge in [0, 0.05) is 13.1 Å². The first-order valence-electron chi connectivity index (χ1n) is 5.18. The van der Waals surface area contributed by atoms with E-state index < -0.39 is 15.3 Å². The van der Waals surface area contributed by atoms with Crippen molar-refractivity contribution in [1.82, 2.24) is 4.31 Å². The Labute approximate surface area is 91.9 Å². The minimum Gasteiger partial charge on any atom is -0.211 e. The second-order valence-electron chi connectivity index (χ2n) is 4.88. The molecule has 0 aromatic carbocycles. The Hall–Kier alpha value is -0.600. The number of piperidine rings is 1. The molecule has 0 spiro atoms. The smallest absolute Gasteiger partial charge is 0.211 e. The van der Waals surface area contributed by atoms with E-state index in [4.69, 9.17) is 5.26 Å². The summed E-state index contributed by atoms with van der Waals surface area (Å²) in [6, 6.07) is 1.79. The molecule has 86 valence electrons. The topological polar surface area (TPSA) is 61.2 Å². The maximum absolute atomic E-state index is 11.8. The first kappa shape index (κ1) is 12.5. The number of sulfonamides is 1. The van der Waals surface area contributed by atoms with Crippen LogP contribution in [-0.4, -0.2) is 31.1 Å². The van der Waals surface area contributed by atoms with Gasteiger partial charge in [0.05, 0.1) is 6.07 Å². The predicted octanol–water partition coefficient (Wildman–Crippen LogP) is 1.35. The third-order valence-corrected chi connectivity index (χ3v) is 5.15. The van der Waals surface area contributed by atoms with Crippen molar-refractivity contribution in [2.24, 2.45) is 5.41 Å². The Morgan fingerprint density at radius 3 is 2.20 bits per heavy atom. The molecule has 1 fully saturated rings. The Kier molecular flexibility index (Phi) is 3.41. The fraction of sp³-hybridized carbons (Fsp3) is 0.900. The Bertz CT molecular complexity index is 357. The summed E-state index contributed by atoms with van der Waals surface area (Å²) in [7, 11) is -3.39. The van der Waals surface area contributed by atoms with Crippen molar-refractivity contribution in [3.05, 3.63) is 0 Å². The zero-order valence-corrected chi connectivity index (χ0v) is 10.3. The first-order chi connectivity index (χ1) is 6.79. The van der Waals surface area contributed by atoms with E-state index in [1.807, 2.05) is 0 Å². The largest absolute Gasteiger partial charge is 0.230 e. The molecule has 0 bridgehead atoms. The van der Waals surface area contributed by atoms with Gasteiger partial charge < -0.3 is 0 Å².